The fourth-order valence-corrected chi connectivity index (χ4v) is 3.15. The Morgan fingerprint density at radius 3 is 2.17 bits per heavy atom. The molecule has 1 aliphatic heterocycles. The van der Waals surface area contributed by atoms with Gasteiger partial charge in [-0.15, -0.1) is 0 Å². The van der Waals surface area contributed by atoms with E-state index in [0.29, 0.717) is 44.5 Å². The highest BCUT2D eigenvalue weighted by atomic mass is 19.4. The second-order valence-electron chi connectivity index (χ2n) is 7.00. The largest absolute Gasteiger partial charge is 0.401 e. The molecule has 0 aromatic carbocycles. The molecule has 0 bridgehead atoms. The van der Waals surface area contributed by atoms with E-state index in [9.17, 15) is 13.2 Å². The van der Waals surface area contributed by atoms with Crippen molar-refractivity contribution in [3.05, 3.63) is 17.0 Å². The molecular formula is C17H27F3N4. The Kier molecular flexibility index (Phi) is 6.06. The average molecular weight is 344 g/mol. The van der Waals surface area contributed by atoms with Crippen LogP contribution in [0.15, 0.2) is 0 Å². The summed E-state index contributed by atoms with van der Waals surface area (Å²) in [7, 11) is 0. The SMILES string of the molecule is Cc1nc(N2CCCN(CC(F)(F)F)CC2)nc(C)c1CC(C)C. The van der Waals surface area contributed by atoms with E-state index in [0.717, 1.165) is 17.8 Å². The Labute approximate surface area is 142 Å². The van der Waals surface area contributed by atoms with Crippen LogP contribution >= 0.6 is 0 Å². The molecule has 1 aromatic heterocycles. The molecule has 4 nitrogen and oxygen atoms in total. The van der Waals surface area contributed by atoms with Crippen LogP contribution in [0.2, 0.25) is 0 Å². The van der Waals surface area contributed by atoms with Gasteiger partial charge >= 0.3 is 6.18 Å². The first kappa shape index (κ1) is 19.0. The van der Waals surface area contributed by atoms with Crippen LogP contribution < -0.4 is 4.90 Å². The summed E-state index contributed by atoms with van der Waals surface area (Å²) in [6, 6.07) is 0. The summed E-state index contributed by atoms with van der Waals surface area (Å²) in [5, 5.41) is 0. The third kappa shape index (κ3) is 5.33. The molecule has 2 heterocycles. The van der Waals surface area contributed by atoms with Crippen LogP contribution in [0, 0.1) is 19.8 Å². The fraction of sp³-hybridized carbons (Fsp3) is 0.765. The van der Waals surface area contributed by atoms with Crippen molar-refractivity contribution in [1.29, 1.82) is 0 Å². The Balaban J connectivity index is 2.09. The van der Waals surface area contributed by atoms with E-state index in [-0.39, 0.29) is 0 Å². The highest BCUT2D eigenvalue weighted by molar-refractivity contribution is 5.37. The molecule has 0 radical (unpaired) electrons. The summed E-state index contributed by atoms with van der Waals surface area (Å²) in [6.45, 7) is 9.53. The van der Waals surface area contributed by atoms with Gasteiger partial charge in [-0.05, 0) is 38.2 Å². The van der Waals surface area contributed by atoms with Crippen LogP contribution in [0.5, 0.6) is 0 Å². The van der Waals surface area contributed by atoms with Crippen molar-refractivity contribution in [2.45, 2.75) is 46.7 Å². The minimum Gasteiger partial charge on any atom is -0.339 e. The first-order valence-electron chi connectivity index (χ1n) is 8.54. The van der Waals surface area contributed by atoms with E-state index in [4.69, 9.17) is 0 Å². The maximum Gasteiger partial charge on any atom is 0.401 e. The number of nitrogens with zero attached hydrogens (tertiary/aromatic N) is 4. The van der Waals surface area contributed by atoms with Gasteiger partial charge in [0.1, 0.15) is 0 Å². The van der Waals surface area contributed by atoms with Crippen LogP contribution in [0.3, 0.4) is 0 Å². The third-order valence-corrected chi connectivity index (χ3v) is 4.30. The molecule has 1 aromatic rings. The van der Waals surface area contributed by atoms with Crippen molar-refractivity contribution in [2.75, 3.05) is 37.6 Å². The summed E-state index contributed by atoms with van der Waals surface area (Å²) < 4.78 is 37.7. The number of rotatable bonds is 4. The average Bonchev–Trinajstić information content (AvgIpc) is 2.66. The monoisotopic (exact) mass is 344 g/mol. The van der Waals surface area contributed by atoms with Crippen molar-refractivity contribution >= 4 is 5.95 Å². The van der Waals surface area contributed by atoms with Gasteiger partial charge in [0.2, 0.25) is 5.95 Å². The third-order valence-electron chi connectivity index (χ3n) is 4.30. The minimum absolute atomic E-state index is 0.384. The van der Waals surface area contributed by atoms with Crippen LogP contribution in [0.1, 0.15) is 37.2 Å². The Morgan fingerprint density at radius 2 is 1.62 bits per heavy atom. The maximum absolute atomic E-state index is 12.6. The van der Waals surface area contributed by atoms with Gasteiger partial charge in [0, 0.05) is 37.6 Å². The molecule has 1 saturated heterocycles. The quantitative estimate of drug-likeness (QED) is 0.838. The van der Waals surface area contributed by atoms with E-state index in [1.807, 2.05) is 18.7 Å². The summed E-state index contributed by atoms with van der Waals surface area (Å²) in [5.74, 6) is 1.18. The van der Waals surface area contributed by atoms with Gasteiger partial charge in [0.15, 0.2) is 0 Å². The smallest absolute Gasteiger partial charge is 0.339 e. The minimum atomic E-state index is -4.14. The van der Waals surface area contributed by atoms with Crippen LogP contribution in [-0.4, -0.2) is 53.8 Å². The molecular weight excluding hydrogens is 317 g/mol. The van der Waals surface area contributed by atoms with Gasteiger partial charge in [-0.1, -0.05) is 13.8 Å². The lowest BCUT2D eigenvalue weighted by Gasteiger charge is -2.24. The predicted octanol–water partition coefficient (Wildman–Crippen LogP) is 3.37. The normalized spacial score (nSPS) is 17.4. The summed E-state index contributed by atoms with van der Waals surface area (Å²) in [6.07, 6.45) is -2.51. The van der Waals surface area contributed by atoms with Crippen LogP contribution in [0.4, 0.5) is 19.1 Å². The number of hydrogen-bond donors (Lipinski definition) is 0. The zero-order valence-corrected chi connectivity index (χ0v) is 14.9. The lowest BCUT2D eigenvalue weighted by Crippen LogP contribution is -2.37. The second-order valence-corrected chi connectivity index (χ2v) is 7.00. The molecule has 7 heteroatoms. The summed E-state index contributed by atoms with van der Waals surface area (Å²) in [5.41, 5.74) is 3.13. The van der Waals surface area contributed by atoms with Crippen molar-refractivity contribution in [2.24, 2.45) is 5.92 Å². The Hall–Kier alpha value is -1.37. The van der Waals surface area contributed by atoms with Gasteiger partial charge in [0.05, 0.1) is 6.54 Å². The van der Waals surface area contributed by atoms with Crippen molar-refractivity contribution in [1.82, 2.24) is 14.9 Å². The van der Waals surface area contributed by atoms with E-state index < -0.39 is 12.7 Å². The molecule has 0 saturated carbocycles. The van der Waals surface area contributed by atoms with Crippen molar-refractivity contribution in [3.8, 4) is 0 Å². The first-order chi connectivity index (χ1) is 11.2. The van der Waals surface area contributed by atoms with Gasteiger partial charge in [-0.3, -0.25) is 4.90 Å². The molecule has 136 valence electrons. The van der Waals surface area contributed by atoms with Gasteiger partial charge in [-0.2, -0.15) is 13.2 Å². The Bertz CT molecular complexity index is 534. The number of aromatic nitrogens is 2. The zero-order valence-electron chi connectivity index (χ0n) is 14.9. The van der Waals surface area contributed by atoms with E-state index >= 15 is 0 Å². The van der Waals surface area contributed by atoms with Gasteiger partial charge in [-0.25, -0.2) is 9.97 Å². The van der Waals surface area contributed by atoms with E-state index in [2.05, 4.69) is 23.8 Å². The summed E-state index contributed by atoms with van der Waals surface area (Å²) >= 11 is 0. The topological polar surface area (TPSA) is 32.3 Å². The van der Waals surface area contributed by atoms with E-state index in [1.165, 1.54) is 10.5 Å². The maximum atomic E-state index is 12.6. The number of aryl methyl sites for hydroxylation is 2. The van der Waals surface area contributed by atoms with Gasteiger partial charge < -0.3 is 4.90 Å². The lowest BCUT2D eigenvalue weighted by molar-refractivity contribution is -0.145. The molecule has 1 aliphatic rings. The molecule has 24 heavy (non-hydrogen) atoms. The highest BCUT2D eigenvalue weighted by Crippen LogP contribution is 2.21. The number of hydrogen-bond acceptors (Lipinski definition) is 4. The number of alkyl halides is 3. The fourth-order valence-electron chi connectivity index (χ4n) is 3.15. The molecule has 0 atom stereocenters. The molecule has 2 rings (SSSR count). The molecule has 1 fully saturated rings. The number of anilines is 1. The highest BCUT2D eigenvalue weighted by Gasteiger charge is 2.31. The van der Waals surface area contributed by atoms with Crippen LogP contribution in [0.25, 0.3) is 0 Å². The van der Waals surface area contributed by atoms with Crippen molar-refractivity contribution < 1.29 is 13.2 Å². The molecule has 0 unspecified atom stereocenters. The zero-order chi connectivity index (χ0) is 17.9. The Morgan fingerprint density at radius 1 is 1.00 bits per heavy atom. The molecule has 0 amide bonds. The standard InChI is InChI=1S/C17H27F3N4/c1-12(2)10-15-13(3)21-16(22-14(15)4)24-7-5-6-23(8-9-24)11-17(18,19)20/h12H,5-11H2,1-4H3. The van der Waals surface area contributed by atoms with Crippen molar-refractivity contribution in [3.63, 3.8) is 0 Å². The number of halogens is 3. The summed E-state index contributed by atoms with van der Waals surface area (Å²) in [4.78, 5) is 12.7. The first-order valence-corrected chi connectivity index (χ1v) is 8.54. The van der Waals surface area contributed by atoms with E-state index in [1.54, 1.807) is 0 Å². The lowest BCUT2D eigenvalue weighted by atomic mass is 10.0. The molecule has 0 aliphatic carbocycles. The molecule has 0 spiro atoms. The second kappa shape index (κ2) is 7.68. The van der Waals surface area contributed by atoms with Crippen LogP contribution in [-0.2, 0) is 6.42 Å². The predicted molar refractivity (Wildman–Crippen MR) is 89.4 cm³/mol. The van der Waals surface area contributed by atoms with Gasteiger partial charge in [0.25, 0.3) is 0 Å². The molecule has 0 N–H and O–H groups in total.